The highest BCUT2D eigenvalue weighted by atomic mass is 16.2. The smallest absolute Gasteiger partial charge is 0.260 e. The molecular weight excluding hydrogens is 246 g/mol. The van der Waals surface area contributed by atoms with Gasteiger partial charge < -0.3 is 10.3 Å². The monoisotopic (exact) mass is 261 g/mol. The van der Waals surface area contributed by atoms with Crippen LogP contribution in [0.2, 0.25) is 0 Å². The van der Waals surface area contributed by atoms with Gasteiger partial charge in [0.15, 0.2) is 0 Å². The zero-order valence-corrected chi connectivity index (χ0v) is 10.8. The summed E-state index contributed by atoms with van der Waals surface area (Å²) in [5.74, 6) is -0.395. The first kappa shape index (κ1) is 13.0. The molecule has 7 nitrogen and oxygen atoms in total. The summed E-state index contributed by atoms with van der Waals surface area (Å²) in [5, 5.41) is 6.70. The van der Waals surface area contributed by atoms with Gasteiger partial charge in [-0.25, -0.2) is 4.98 Å². The first-order valence-electron chi connectivity index (χ1n) is 5.89. The predicted octanol–water partition coefficient (Wildman–Crippen LogP) is 0.0933. The molecule has 0 aliphatic rings. The van der Waals surface area contributed by atoms with Crippen LogP contribution in [0.25, 0.3) is 0 Å². The van der Waals surface area contributed by atoms with Crippen LogP contribution >= 0.6 is 0 Å². The minimum atomic E-state index is -0.395. The molecule has 2 aromatic heterocycles. The minimum Gasteiger partial charge on any atom is -0.348 e. The minimum absolute atomic E-state index is 0.107. The molecule has 0 aromatic carbocycles. The lowest BCUT2D eigenvalue weighted by molar-refractivity contribution is 0.0934. The second-order valence-corrected chi connectivity index (χ2v) is 4.38. The first-order chi connectivity index (χ1) is 9.06. The molecule has 19 heavy (non-hydrogen) atoms. The Labute approximate surface area is 109 Å². The number of amides is 1. The fourth-order valence-corrected chi connectivity index (χ4v) is 1.71. The lowest BCUT2D eigenvalue weighted by Crippen LogP contribution is -2.38. The van der Waals surface area contributed by atoms with Gasteiger partial charge in [0, 0.05) is 11.7 Å². The van der Waals surface area contributed by atoms with Crippen molar-refractivity contribution in [2.45, 2.75) is 26.4 Å². The third-order valence-electron chi connectivity index (χ3n) is 2.60. The summed E-state index contributed by atoms with van der Waals surface area (Å²) in [5.41, 5.74) is 0.443. The van der Waals surface area contributed by atoms with Crippen LogP contribution in [0.4, 0.5) is 0 Å². The highest BCUT2D eigenvalue weighted by Gasteiger charge is 2.13. The van der Waals surface area contributed by atoms with Gasteiger partial charge in [0.25, 0.3) is 11.5 Å². The van der Waals surface area contributed by atoms with Crippen molar-refractivity contribution in [2.75, 3.05) is 0 Å². The largest absolute Gasteiger partial charge is 0.348 e. The van der Waals surface area contributed by atoms with Crippen LogP contribution in [0.1, 0.15) is 23.0 Å². The molecule has 0 aliphatic carbocycles. The van der Waals surface area contributed by atoms with Crippen LogP contribution in [0.5, 0.6) is 0 Å². The van der Waals surface area contributed by atoms with Gasteiger partial charge in [-0.05, 0) is 26.0 Å². The molecule has 0 spiro atoms. The molecule has 7 heteroatoms. The van der Waals surface area contributed by atoms with E-state index in [1.807, 2.05) is 6.92 Å². The normalized spacial score (nSPS) is 12.1. The van der Waals surface area contributed by atoms with Gasteiger partial charge in [0.1, 0.15) is 18.2 Å². The molecule has 0 saturated heterocycles. The average molecular weight is 261 g/mol. The van der Waals surface area contributed by atoms with E-state index in [1.165, 1.54) is 12.4 Å². The van der Waals surface area contributed by atoms with Gasteiger partial charge >= 0.3 is 0 Å². The molecule has 1 amide bonds. The van der Waals surface area contributed by atoms with Crippen LogP contribution in [-0.4, -0.2) is 31.7 Å². The second-order valence-electron chi connectivity index (χ2n) is 4.38. The van der Waals surface area contributed by atoms with E-state index < -0.39 is 5.91 Å². The van der Waals surface area contributed by atoms with Crippen molar-refractivity contribution in [3.05, 3.63) is 46.4 Å². The lowest BCUT2D eigenvalue weighted by atomic mass is 10.2. The van der Waals surface area contributed by atoms with Crippen LogP contribution in [0, 0.1) is 6.92 Å². The summed E-state index contributed by atoms with van der Waals surface area (Å²) >= 11 is 0. The van der Waals surface area contributed by atoms with Gasteiger partial charge in [-0.3, -0.25) is 14.3 Å². The van der Waals surface area contributed by atoms with Gasteiger partial charge in [-0.2, -0.15) is 5.10 Å². The van der Waals surface area contributed by atoms with E-state index in [9.17, 15) is 9.59 Å². The van der Waals surface area contributed by atoms with E-state index in [1.54, 1.807) is 24.0 Å². The molecule has 1 unspecified atom stereocenters. The summed E-state index contributed by atoms with van der Waals surface area (Å²) in [4.78, 5) is 30.0. The molecule has 0 bridgehead atoms. The van der Waals surface area contributed by atoms with Gasteiger partial charge in [-0.15, -0.1) is 0 Å². The van der Waals surface area contributed by atoms with Crippen molar-refractivity contribution < 1.29 is 4.79 Å². The number of rotatable bonds is 4. The Kier molecular flexibility index (Phi) is 3.74. The zero-order valence-electron chi connectivity index (χ0n) is 10.8. The van der Waals surface area contributed by atoms with E-state index >= 15 is 0 Å². The maximum absolute atomic E-state index is 11.9. The quantitative estimate of drug-likeness (QED) is 0.816. The number of aromatic amines is 1. The number of nitrogens with one attached hydrogen (secondary N) is 2. The highest BCUT2D eigenvalue weighted by Crippen LogP contribution is 1.96. The Morgan fingerprint density at radius 2 is 2.32 bits per heavy atom. The van der Waals surface area contributed by atoms with Gasteiger partial charge in [0.05, 0.1) is 6.54 Å². The average Bonchev–Trinajstić information content (AvgIpc) is 2.81. The number of nitrogens with zero attached hydrogens (tertiary/aromatic N) is 3. The Bertz CT molecular complexity index is 617. The maximum atomic E-state index is 11.9. The molecule has 100 valence electrons. The number of carbonyl (C=O) groups excluding carboxylic acids is 1. The predicted molar refractivity (Wildman–Crippen MR) is 68.7 cm³/mol. The molecule has 2 N–H and O–H groups in total. The molecule has 1 atom stereocenters. The van der Waals surface area contributed by atoms with Crippen LogP contribution in [-0.2, 0) is 6.54 Å². The van der Waals surface area contributed by atoms with E-state index in [0.29, 0.717) is 6.54 Å². The number of aryl methyl sites for hydroxylation is 1. The van der Waals surface area contributed by atoms with E-state index in [2.05, 4.69) is 20.4 Å². The fourth-order valence-electron chi connectivity index (χ4n) is 1.71. The van der Waals surface area contributed by atoms with E-state index in [4.69, 9.17) is 0 Å². The fraction of sp³-hybridized carbons (Fsp3) is 0.333. The Balaban J connectivity index is 2.02. The molecule has 2 heterocycles. The molecule has 2 aromatic rings. The maximum Gasteiger partial charge on any atom is 0.260 e. The Morgan fingerprint density at radius 3 is 2.95 bits per heavy atom. The topological polar surface area (TPSA) is 92.7 Å². The lowest BCUT2D eigenvalue weighted by Gasteiger charge is -2.13. The van der Waals surface area contributed by atoms with E-state index in [-0.39, 0.29) is 17.2 Å². The Hall–Kier alpha value is -2.44. The molecular formula is C12H15N5O2. The number of hydrogen-bond donors (Lipinski definition) is 2. The zero-order chi connectivity index (χ0) is 13.8. The summed E-state index contributed by atoms with van der Waals surface area (Å²) in [6, 6.07) is 3.05. The molecule has 0 saturated carbocycles. The molecule has 0 radical (unpaired) electrons. The standard InChI is InChI=1S/C12H15N5O2/c1-8-3-4-10(11(18)15-8)12(19)16-9(2)5-17-7-13-6-14-17/h3-4,6-7,9H,5H2,1-2H3,(H,15,18)(H,16,19). The van der Waals surface area contributed by atoms with Crippen LogP contribution in [0.3, 0.4) is 0 Å². The highest BCUT2D eigenvalue weighted by molar-refractivity contribution is 5.93. The first-order valence-corrected chi connectivity index (χ1v) is 5.89. The van der Waals surface area contributed by atoms with Crippen molar-refractivity contribution >= 4 is 5.91 Å². The summed E-state index contributed by atoms with van der Waals surface area (Å²) in [6.45, 7) is 4.09. The van der Waals surface area contributed by atoms with Crippen molar-refractivity contribution in [3.8, 4) is 0 Å². The van der Waals surface area contributed by atoms with Crippen molar-refractivity contribution in [2.24, 2.45) is 0 Å². The number of H-pyrrole nitrogens is 1. The number of aromatic nitrogens is 4. The van der Waals surface area contributed by atoms with Crippen molar-refractivity contribution in [3.63, 3.8) is 0 Å². The van der Waals surface area contributed by atoms with Crippen molar-refractivity contribution in [1.82, 2.24) is 25.1 Å². The third kappa shape index (κ3) is 3.27. The number of pyridine rings is 1. The SMILES string of the molecule is Cc1ccc(C(=O)NC(C)Cn2cncn2)c(=O)[nH]1. The summed E-state index contributed by atoms with van der Waals surface area (Å²) in [6.07, 6.45) is 3.00. The number of hydrogen-bond acceptors (Lipinski definition) is 4. The van der Waals surface area contributed by atoms with Crippen LogP contribution in [0.15, 0.2) is 29.6 Å². The third-order valence-corrected chi connectivity index (χ3v) is 2.60. The van der Waals surface area contributed by atoms with Crippen LogP contribution < -0.4 is 10.9 Å². The molecule has 0 fully saturated rings. The summed E-state index contributed by atoms with van der Waals surface area (Å²) < 4.78 is 1.62. The number of carbonyl (C=O) groups is 1. The van der Waals surface area contributed by atoms with Gasteiger partial charge in [-0.1, -0.05) is 0 Å². The molecule has 2 rings (SSSR count). The van der Waals surface area contributed by atoms with Gasteiger partial charge in [0.2, 0.25) is 0 Å². The Morgan fingerprint density at radius 1 is 1.53 bits per heavy atom. The summed E-state index contributed by atoms with van der Waals surface area (Å²) in [7, 11) is 0. The molecule has 0 aliphatic heterocycles. The van der Waals surface area contributed by atoms with Crippen molar-refractivity contribution in [1.29, 1.82) is 0 Å². The van der Waals surface area contributed by atoms with E-state index in [0.717, 1.165) is 5.69 Å². The second kappa shape index (κ2) is 5.47.